The number of aliphatic hydroxyl groups is 1. The molecule has 1 N–H and O–H groups in total. The number of aryl methyl sites for hydroxylation is 2. The van der Waals surface area contributed by atoms with Crippen LogP contribution in [-0.4, -0.2) is 5.11 Å². The number of hydrogen-bond acceptors (Lipinski definition) is 1. The van der Waals surface area contributed by atoms with Crippen LogP contribution >= 0.6 is 0 Å². The van der Waals surface area contributed by atoms with Crippen LogP contribution in [0.2, 0.25) is 0 Å². The molecule has 0 saturated heterocycles. The number of benzene rings is 2. The molecular formula is C17H19FO. The van der Waals surface area contributed by atoms with Crippen LogP contribution in [0.25, 0.3) is 0 Å². The molecule has 0 aliphatic carbocycles. The van der Waals surface area contributed by atoms with Gasteiger partial charge in [0.2, 0.25) is 0 Å². The zero-order chi connectivity index (χ0) is 13.9. The van der Waals surface area contributed by atoms with Crippen LogP contribution in [0.4, 0.5) is 4.39 Å². The van der Waals surface area contributed by atoms with E-state index in [0.717, 1.165) is 6.42 Å². The van der Waals surface area contributed by atoms with E-state index in [1.54, 1.807) is 26.0 Å². The van der Waals surface area contributed by atoms with Crippen LogP contribution in [-0.2, 0) is 12.0 Å². The molecule has 1 unspecified atom stereocenters. The predicted octanol–water partition coefficient (Wildman–Crippen LogP) is 3.97. The van der Waals surface area contributed by atoms with Crippen LogP contribution in [0, 0.1) is 12.7 Å². The Balaban J connectivity index is 2.11. The second-order valence-electron chi connectivity index (χ2n) is 5.22. The average molecular weight is 258 g/mol. The monoisotopic (exact) mass is 258 g/mol. The lowest BCUT2D eigenvalue weighted by Gasteiger charge is -2.24. The van der Waals surface area contributed by atoms with E-state index in [1.807, 2.05) is 30.3 Å². The van der Waals surface area contributed by atoms with Gasteiger partial charge in [0.05, 0.1) is 5.60 Å². The molecule has 0 spiro atoms. The molecule has 1 nitrogen and oxygen atoms in total. The van der Waals surface area contributed by atoms with E-state index >= 15 is 0 Å². The molecule has 2 heteroatoms. The van der Waals surface area contributed by atoms with Crippen molar-refractivity contribution in [2.45, 2.75) is 32.3 Å². The summed E-state index contributed by atoms with van der Waals surface area (Å²) >= 11 is 0. The van der Waals surface area contributed by atoms with Crippen molar-refractivity contribution < 1.29 is 9.50 Å². The highest BCUT2D eigenvalue weighted by molar-refractivity contribution is 5.28. The molecule has 0 radical (unpaired) electrons. The SMILES string of the molecule is Cc1ccc(C(C)(O)CCc2ccccc2)cc1F. The van der Waals surface area contributed by atoms with Crippen molar-refractivity contribution in [3.05, 3.63) is 71.0 Å². The van der Waals surface area contributed by atoms with Gasteiger partial charge in [-0.2, -0.15) is 0 Å². The highest BCUT2D eigenvalue weighted by Crippen LogP contribution is 2.27. The quantitative estimate of drug-likeness (QED) is 0.879. The fraction of sp³-hybridized carbons (Fsp3) is 0.294. The molecule has 0 amide bonds. The van der Waals surface area contributed by atoms with Crippen LogP contribution in [0.1, 0.15) is 30.0 Å². The highest BCUT2D eigenvalue weighted by atomic mass is 19.1. The molecule has 1 atom stereocenters. The molecule has 0 aliphatic heterocycles. The summed E-state index contributed by atoms with van der Waals surface area (Å²) in [7, 11) is 0. The zero-order valence-electron chi connectivity index (χ0n) is 11.4. The van der Waals surface area contributed by atoms with Gasteiger partial charge in [0, 0.05) is 0 Å². The molecule has 0 saturated carbocycles. The largest absolute Gasteiger partial charge is 0.385 e. The molecule has 0 aromatic heterocycles. The van der Waals surface area contributed by atoms with E-state index in [2.05, 4.69) is 0 Å². The first-order chi connectivity index (χ1) is 8.99. The number of rotatable bonds is 4. The van der Waals surface area contributed by atoms with E-state index in [1.165, 1.54) is 11.6 Å². The Labute approximate surface area is 113 Å². The van der Waals surface area contributed by atoms with E-state index in [9.17, 15) is 9.50 Å². The molecule has 2 aromatic carbocycles. The highest BCUT2D eigenvalue weighted by Gasteiger charge is 2.23. The standard InChI is InChI=1S/C17H19FO/c1-13-8-9-15(12-16(13)18)17(2,19)11-10-14-6-4-3-5-7-14/h3-9,12,19H,10-11H2,1-2H3. The Morgan fingerprint density at radius 1 is 1.11 bits per heavy atom. The smallest absolute Gasteiger partial charge is 0.126 e. The summed E-state index contributed by atoms with van der Waals surface area (Å²) in [6.45, 7) is 3.46. The maximum atomic E-state index is 13.6. The fourth-order valence-electron chi connectivity index (χ4n) is 2.10. The topological polar surface area (TPSA) is 20.2 Å². The van der Waals surface area contributed by atoms with Gasteiger partial charge in [0.25, 0.3) is 0 Å². The van der Waals surface area contributed by atoms with Crippen molar-refractivity contribution >= 4 is 0 Å². The maximum Gasteiger partial charge on any atom is 0.126 e. The van der Waals surface area contributed by atoms with Crippen LogP contribution in [0.3, 0.4) is 0 Å². The molecular weight excluding hydrogens is 239 g/mol. The van der Waals surface area contributed by atoms with E-state index in [4.69, 9.17) is 0 Å². The Kier molecular flexibility index (Phi) is 4.01. The van der Waals surface area contributed by atoms with Crippen molar-refractivity contribution in [3.8, 4) is 0 Å². The lowest BCUT2D eigenvalue weighted by molar-refractivity contribution is 0.0477. The minimum absolute atomic E-state index is 0.266. The van der Waals surface area contributed by atoms with Crippen molar-refractivity contribution in [1.29, 1.82) is 0 Å². The van der Waals surface area contributed by atoms with Gasteiger partial charge in [-0.3, -0.25) is 0 Å². The summed E-state index contributed by atoms with van der Waals surface area (Å²) in [4.78, 5) is 0. The summed E-state index contributed by atoms with van der Waals surface area (Å²) in [6.07, 6.45) is 1.34. The summed E-state index contributed by atoms with van der Waals surface area (Å²) in [5.74, 6) is -0.266. The Morgan fingerprint density at radius 2 is 1.79 bits per heavy atom. The van der Waals surface area contributed by atoms with Gasteiger partial charge < -0.3 is 5.11 Å². The van der Waals surface area contributed by atoms with E-state index in [-0.39, 0.29) is 5.82 Å². The third-order valence-electron chi connectivity index (χ3n) is 3.54. The minimum Gasteiger partial charge on any atom is -0.385 e. The Hall–Kier alpha value is -1.67. The molecule has 0 bridgehead atoms. The van der Waals surface area contributed by atoms with Crippen molar-refractivity contribution in [1.82, 2.24) is 0 Å². The zero-order valence-corrected chi connectivity index (χ0v) is 11.4. The molecule has 100 valence electrons. The average Bonchev–Trinajstić information content (AvgIpc) is 2.41. The first kappa shape index (κ1) is 13.8. The maximum absolute atomic E-state index is 13.6. The van der Waals surface area contributed by atoms with Crippen LogP contribution in [0.15, 0.2) is 48.5 Å². The van der Waals surface area contributed by atoms with Gasteiger partial charge in [-0.15, -0.1) is 0 Å². The molecule has 19 heavy (non-hydrogen) atoms. The first-order valence-corrected chi connectivity index (χ1v) is 6.52. The van der Waals surface area contributed by atoms with E-state index in [0.29, 0.717) is 17.5 Å². The molecule has 2 rings (SSSR count). The first-order valence-electron chi connectivity index (χ1n) is 6.52. The molecule has 0 fully saturated rings. The molecule has 0 heterocycles. The van der Waals surface area contributed by atoms with Gasteiger partial charge in [0.15, 0.2) is 0 Å². The van der Waals surface area contributed by atoms with Crippen molar-refractivity contribution in [3.63, 3.8) is 0 Å². The lowest BCUT2D eigenvalue weighted by atomic mass is 9.89. The number of halogens is 1. The predicted molar refractivity (Wildman–Crippen MR) is 75.5 cm³/mol. The summed E-state index contributed by atoms with van der Waals surface area (Å²) < 4.78 is 13.6. The van der Waals surface area contributed by atoms with Gasteiger partial charge in [-0.25, -0.2) is 4.39 Å². The minimum atomic E-state index is -1.01. The van der Waals surface area contributed by atoms with Crippen LogP contribution < -0.4 is 0 Å². The summed E-state index contributed by atoms with van der Waals surface area (Å²) in [5.41, 5.74) is 1.40. The fourth-order valence-corrected chi connectivity index (χ4v) is 2.10. The summed E-state index contributed by atoms with van der Waals surface area (Å²) in [6, 6.07) is 14.9. The summed E-state index contributed by atoms with van der Waals surface area (Å²) in [5, 5.41) is 10.5. The third-order valence-corrected chi connectivity index (χ3v) is 3.54. The van der Waals surface area contributed by atoms with Gasteiger partial charge >= 0.3 is 0 Å². The van der Waals surface area contributed by atoms with Crippen molar-refractivity contribution in [2.75, 3.05) is 0 Å². The van der Waals surface area contributed by atoms with E-state index < -0.39 is 5.60 Å². The second-order valence-corrected chi connectivity index (χ2v) is 5.22. The van der Waals surface area contributed by atoms with Crippen molar-refractivity contribution in [2.24, 2.45) is 0 Å². The van der Waals surface area contributed by atoms with Gasteiger partial charge in [0.1, 0.15) is 5.82 Å². The Morgan fingerprint density at radius 3 is 2.42 bits per heavy atom. The third kappa shape index (κ3) is 3.42. The normalized spacial score (nSPS) is 14.1. The number of hydrogen-bond donors (Lipinski definition) is 1. The van der Waals surface area contributed by atoms with Crippen LogP contribution in [0.5, 0.6) is 0 Å². The second kappa shape index (κ2) is 5.54. The lowest BCUT2D eigenvalue weighted by Crippen LogP contribution is -2.22. The van der Waals surface area contributed by atoms with Gasteiger partial charge in [-0.1, -0.05) is 42.5 Å². The Bertz CT molecular complexity index is 546. The van der Waals surface area contributed by atoms with Gasteiger partial charge in [-0.05, 0) is 49.4 Å². The molecule has 2 aromatic rings. The molecule has 0 aliphatic rings.